The Morgan fingerprint density at radius 1 is 1.19 bits per heavy atom. The molecule has 0 spiro atoms. The van der Waals surface area contributed by atoms with Crippen LogP contribution in [0.3, 0.4) is 0 Å². The van der Waals surface area contributed by atoms with Crippen LogP contribution >= 0.6 is 0 Å². The molecule has 0 aromatic carbocycles. The Kier molecular flexibility index (Phi) is 6.93. The number of aliphatic hydroxyl groups is 3. The quantitative estimate of drug-likeness (QED) is 0.420. The van der Waals surface area contributed by atoms with Crippen molar-refractivity contribution < 1.29 is 29.5 Å². The Morgan fingerprint density at radius 2 is 1.87 bits per heavy atom. The predicted molar refractivity (Wildman–Crippen MR) is 119 cm³/mol. The number of rotatable bonds is 7. The number of hydrogen-bond acceptors (Lipinski definition) is 6. The molecular formula is C25H40O6. The van der Waals surface area contributed by atoms with E-state index in [0.717, 1.165) is 19.3 Å². The first-order valence-electron chi connectivity index (χ1n) is 11.3. The second-order valence-corrected chi connectivity index (χ2v) is 10.6. The molecule has 3 aliphatic rings. The van der Waals surface area contributed by atoms with Crippen LogP contribution in [0.15, 0.2) is 37.0 Å². The molecule has 2 aliphatic heterocycles. The van der Waals surface area contributed by atoms with Gasteiger partial charge in [-0.25, -0.2) is 0 Å². The van der Waals surface area contributed by atoms with Crippen molar-refractivity contribution in [1.82, 2.24) is 0 Å². The number of epoxide rings is 1. The van der Waals surface area contributed by atoms with E-state index in [1.807, 2.05) is 26.0 Å². The van der Waals surface area contributed by atoms with Gasteiger partial charge in [0.25, 0.3) is 0 Å². The van der Waals surface area contributed by atoms with Gasteiger partial charge in [-0.3, -0.25) is 0 Å². The number of allylic oxidation sites excluding steroid dienone is 2. The fraction of sp³-hybridized carbons (Fsp3) is 0.760. The molecule has 1 saturated carbocycles. The largest absolute Gasteiger partial charge is 0.388 e. The maximum atomic E-state index is 10.1. The van der Waals surface area contributed by atoms with E-state index in [0.29, 0.717) is 11.8 Å². The Bertz CT molecular complexity index is 717. The zero-order valence-corrected chi connectivity index (χ0v) is 19.6. The molecule has 0 aromatic heterocycles. The van der Waals surface area contributed by atoms with Crippen molar-refractivity contribution in [3.05, 3.63) is 37.0 Å². The first-order chi connectivity index (χ1) is 14.3. The fourth-order valence-corrected chi connectivity index (χ4v) is 5.20. The fourth-order valence-electron chi connectivity index (χ4n) is 5.20. The lowest BCUT2D eigenvalue weighted by Crippen LogP contribution is -2.55. The van der Waals surface area contributed by atoms with Crippen molar-refractivity contribution in [2.75, 3.05) is 6.61 Å². The van der Waals surface area contributed by atoms with Crippen molar-refractivity contribution >= 4 is 0 Å². The molecule has 3 fully saturated rings. The average molecular weight is 437 g/mol. The highest BCUT2D eigenvalue weighted by atomic mass is 16.7. The maximum absolute atomic E-state index is 10.1. The second-order valence-electron chi connectivity index (χ2n) is 10.6. The van der Waals surface area contributed by atoms with E-state index >= 15 is 0 Å². The van der Waals surface area contributed by atoms with E-state index in [9.17, 15) is 15.3 Å². The highest BCUT2D eigenvalue weighted by Gasteiger charge is 2.58. The molecule has 0 radical (unpaired) electrons. The van der Waals surface area contributed by atoms with Crippen molar-refractivity contribution in [3.63, 3.8) is 0 Å². The van der Waals surface area contributed by atoms with Gasteiger partial charge in [0.15, 0.2) is 6.29 Å². The topological polar surface area (TPSA) is 91.7 Å². The monoisotopic (exact) mass is 436 g/mol. The highest BCUT2D eigenvalue weighted by Crippen LogP contribution is 2.55. The van der Waals surface area contributed by atoms with E-state index in [-0.39, 0.29) is 23.7 Å². The Labute approximate surface area is 186 Å². The van der Waals surface area contributed by atoms with E-state index in [1.165, 1.54) is 5.57 Å². The molecule has 1 aliphatic carbocycles. The molecule has 6 nitrogen and oxygen atoms in total. The predicted octanol–water partition coefficient (Wildman–Crippen LogP) is 3.12. The molecule has 176 valence electrons. The molecule has 2 heterocycles. The molecule has 0 bridgehead atoms. The summed E-state index contributed by atoms with van der Waals surface area (Å²) >= 11 is 0. The number of ether oxygens (including phenoxy) is 3. The van der Waals surface area contributed by atoms with Crippen molar-refractivity contribution in [1.29, 1.82) is 0 Å². The smallest absolute Gasteiger partial charge is 0.187 e. The SMILES string of the molecule is C=C[C@@]1(C)CCC([C@]2(C)O[C@@H]2/C=C/C(C)(C)OC2OCC(O)C(O)C2O)C[C@@H]1C(=C)C. The van der Waals surface area contributed by atoms with Crippen LogP contribution in [0.1, 0.15) is 53.9 Å². The van der Waals surface area contributed by atoms with Gasteiger partial charge in [-0.2, -0.15) is 0 Å². The standard InChI is InChI=1S/C25H40O6/c1-8-24(6)12-9-16(13-17(24)15(2)3)25(7)19(30-25)10-11-23(4,5)31-22-21(28)20(27)18(26)14-29-22/h8,10-11,16-22,26-28H,1-2,9,12-14H2,3-7H3/b11-10+/t16?,17-,18?,19-,20?,21?,22?,24+,25+/m1/s1. The molecule has 9 atom stereocenters. The van der Waals surface area contributed by atoms with Crippen LogP contribution in [0.5, 0.6) is 0 Å². The minimum atomic E-state index is -1.31. The Morgan fingerprint density at radius 3 is 2.48 bits per heavy atom. The summed E-state index contributed by atoms with van der Waals surface area (Å²) in [4.78, 5) is 0. The lowest BCUT2D eigenvalue weighted by Gasteiger charge is -2.44. The van der Waals surface area contributed by atoms with Gasteiger partial charge in [-0.05, 0) is 64.2 Å². The van der Waals surface area contributed by atoms with E-state index in [2.05, 4.69) is 40.0 Å². The van der Waals surface area contributed by atoms with Crippen LogP contribution < -0.4 is 0 Å². The Hall–Kier alpha value is -1.02. The summed E-state index contributed by atoms with van der Waals surface area (Å²) in [6.07, 6.45) is 4.54. The summed E-state index contributed by atoms with van der Waals surface area (Å²) in [7, 11) is 0. The minimum absolute atomic E-state index is 0.00356. The van der Waals surface area contributed by atoms with Gasteiger partial charge >= 0.3 is 0 Å². The minimum Gasteiger partial charge on any atom is -0.388 e. The average Bonchev–Trinajstić information content (AvgIpc) is 3.38. The van der Waals surface area contributed by atoms with Crippen molar-refractivity contribution in [2.24, 2.45) is 17.3 Å². The molecule has 5 unspecified atom stereocenters. The number of aliphatic hydroxyl groups excluding tert-OH is 3. The normalized spacial score (nSPS) is 46.1. The van der Waals surface area contributed by atoms with E-state index in [4.69, 9.17) is 14.2 Å². The second kappa shape index (κ2) is 8.73. The summed E-state index contributed by atoms with van der Waals surface area (Å²) in [6, 6.07) is 0. The summed E-state index contributed by atoms with van der Waals surface area (Å²) in [6.45, 7) is 18.5. The van der Waals surface area contributed by atoms with Gasteiger partial charge in [0.05, 0.1) is 17.8 Å². The third kappa shape index (κ3) is 5.00. The molecule has 6 heteroatoms. The molecule has 0 aromatic rings. The van der Waals surface area contributed by atoms with Crippen molar-refractivity contribution in [2.45, 2.75) is 95.8 Å². The van der Waals surface area contributed by atoms with Gasteiger partial charge < -0.3 is 29.5 Å². The van der Waals surface area contributed by atoms with E-state index in [1.54, 1.807) is 0 Å². The first-order valence-corrected chi connectivity index (χ1v) is 11.3. The lowest BCUT2D eigenvalue weighted by atomic mass is 9.60. The van der Waals surface area contributed by atoms with Gasteiger partial charge in [0, 0.05) is 0 Å². The van der Waals surface area contributed by atoms with Crippen LogP contribution in [0, 0.1) is 17.3 Å². The van der Waals surface area contributed by atoms with Gasteiger partial charge in [-0.1, -0.05) is 37.3 Å². The van der Waals surface area contributed by atoms with Crippen LogP contribution in [0.2, 0.25) is 0 Å². The molecular weight excluding hydrogens is 396 g/mol. The van der Waals surface area contributed by atoms with Crippen LogP contribution in [-0.4, -0.2) is 63.8 Å². The van der Waals surface area contributed by atoms with Gasteiger partial charge in [0.1, 0.15) is 24.4 Å². The van der Waals surface area contributed by atoms with Gasteiger partial charge in [0.2, 0.25) is 0 Å². The third-order valence-electron chi connectivity index (χ3n) is 7.65. The van der Waals surface area contributed by atoms with Crippen LogP contribution in [-0.2, 0) is 14.2 Å². The zero-order valence-electron chi connectivity index (χ0n) is 19.6. The summed E-state index contributed by atoms with van der Waals surface area (Å²) in [5.41, 5.74) is 0.350. The van der Waals surface area contributed by atoms with Gasteiger partial charge in [-0.15, -0.1) is 6.58 Å². The highest BCUT2D eigenvalue weighted by molar-refractivity contribution is 5.20. The maximum Gasteiger partial charge on any atom is 0.187 e. The molecule has 3 N–H and O–H groups in total. The summed E-state index contributed by atoms with van der Waals surface area (Å²) in [5.74, 6) is 0.849. The Balaban J connectivity index is 1.60. The number of hydrogen-bond donors (Lipinski definition) is 3. The summed E-state index contributed by atoms with van der Waals surface area (Å²) in [5, 5.41) is 29.6. The molecule has 31 heavy (non-hydrogen) atoms. The lowest BCUT2D eigenvalue weighted by molar-refractivity contribution is -0.289. The molecule has 0 amide bonds. The van der Waals surface area contributed by atoms with Crippen LogP contribution in [0.4, 0.5) is 0 Å². The molecule has 2 saturated heterocycles. The molecule has 3 rings (SSSR count). The van der Waals surface area contributed by atoms with Crippen LogP contribution in [0.25, 0.3) is 0 Å². The zero-order chi connectivity index (χ0) is 23.2. The van der Waals surface area contributed by atoms with Crippen molar-refractivity contribution in [3.8, 4) is 0 Å². The first kappa shape index (κ1) is 24.6. The van der Waals surface area contributed by atoms with E-state index < -0.39 is 30.2 Å². The third-order valence-corrected chi connectivity index (χ3v) is 7.65. The summed E-state index contributed by atoms with van der Waals surface area (Å²) < 4.78 is 17.4.